The molecule has 1 aromatic heterocycles. The van der Waals surface area contributed by atoms with Crippen LogP contribution in [0, 0.1) is 17.2 Å². The number of aromatic nitrogens is 1. The van der Waals surface area contributed by atoms with E-state index >= 15 is 0 Å². The Morgan fingerprint density at radius 1 is 1.42 bits per heavy atom. The molecule has 0 bridgehead atoms. The van der Waals surface area contributed by atoms with Gasteiger partial charge in [-0.25, -0.2) is 4.98 Å². The van der Waals surface area contributed by atoms with Crippen LogP contribution in [0.1, 0.15) is 42.5 Å². The molecule has 1 aliphatic carbocycles. The van der Waals surface area contributed by atoms with Gasteiger partial charge >= 0.3 is 0 Å². The van der Waals surface area contributed by atoms with Crippen molar-refractivity contribution in [3.05, 3.63) is 28.5 Å². The molecule has 1 aliphatic rings. The summed E-state index contributed by atoms with van der Waals surface area (Å²) in [5.41, 5.74) is 0.485. The second-order valence-corrected chi connectivity index (χ2v) is 5.66. The highest BCUT2D eigenvalue weighted by molar-refractivity contribution is 9.10. The summed E-state index contributed by atoms with van der Waals surface area (Å²) >= 11 is 3.23. The predicted octanol–water partition coefficient (Wildman–Crippen LogP) is 3.05. The minimum absolute atomic E-state index is 0.225. The van der Waals surface area contributed by atoms with Crippen LogP contribution in [0.4, 0.5) is 0 Å². The summed E-state index contributed by atoms with van der Waals surface area (Å²) < 4.78 is 0.688. The van der Waals surface area contributed by atoms with Crippen molar-refractivity contribution in [2.45, 2.75) is 38.1 Å². The summed E-state index contributed by atoms with van der Waals surface area (Å²) in [7, 11) is 0. The molecule has 19 heavy (non-hydrogen) atoms. The third kappa shape index (κ3) is 3.77. The maximum absolute atomic E-state index is 12.1. The van der Waals surface area contributed by atoms with Crippen molar-refractivity contribution in [1.29, 1.82) is 5.26 Å². The molecule has 1 aromatic rings. The van der Waals surface area contributed by atoms with Crippen molar-refractivity contribution in [2.75, 3.05) is 0 Å². The van der Waals surface area contributed by atoms with E-state index in [2.05, 4.69) is 32.3 Å². The minimum Gasteiger partial charge on any atom is -0.336 e. The van der Waals surface area contributed by atoms with Gasteiger partial charge in [-0.3, -0.25) is 4.79 Å². The standard InChI is InChI=1S/C14H16BrN3O/c15-13-7-6-11(9-17-13)14(19)18-12(8-16)10-4-2-1-3-5-10/h6-7,9-10,12H,1-5H2,(H,18,19). The van der Waals surface area contributed by atoms with E-state index in [1.165, 1.54) is 12.6 Å². The minimum atomic E-state index is -0.392. The lowest BCUT2D eigenvalue weighted by molar-refractivity contribution is 0.0928. The number of nitrogens with zero attached hydrogens (tertiary/aromatic N) is 2. The van der Waals surface area contributed by atoms with Crippen LogP contribution >= 0.6 is 15.9 Å². The van der Waals surface area contributed by atoms with E-state index in [4.69, 9.17) is 0 Å². The number of rotatable bonds is 3. The lowest BCUT2D eigenvalue weighted by Crippen LogP contribution is -2.40. The molecule has 0 aliphatic heterocycles. The van der Waals surface area contributed by atoms with E-state index in [1.807, 2.05) is 0 Å². The monoisotopic (exact) mass is 321 g/mol. The number of pyridine rings is 1. The first kappa shape index (κ1) is 14.0. The number of hydrogen-bond donors (Lipinski definition) is 1. The van der Waals surface area contributed by atoms with Gasteiger partial charge < -0.3 is 5.32 Å². The Balaban J connectivity index is 1.99. The van der Waals surface area contributed by atoms with Gasteiger partial charge in [-0.15, -0.1) is 0 Å². The molecule has 1 fully saturated rings. The Kier molecular flexibility index (Phi) is 4.92. The van der Waals surface area contributed by atoms with E-state index < -0.39 is 6.04 Å². The maximum atomic E-state index is 12.1. The number of carbonyl (C=O) groups excluding carboxylic acids is 1. The molecule has 1 atom stereocenters. The van der Waals surface area contributed by atoms with Gasteiger partial charge in [-0.2, -0.15) is 5.26 Å². The Bertz CT molecular complexity index is 474. The molecule has 0 spiro atoms. The summed E-state index contributed by atoms with van der Waals surface area (Å²) in [6.07, 6.45) is 7.10. The van der Waals surface area contributed by atoms with Crippen molar-refractivity contribution >= 4 is 21.8 Å². The Hall–Kier alpha value is -1.41. The topological polar surface area (TPSA) is 65.8 Å². The second kappa shape index (κ2) is 6.67. The zero-order valence-corrected chi connectivity index (χ0v) is 12.2. The lowest BCUT2D eigenvalue weighted by atomic mass is 9.84. The van der Waals surface area contributed by atoms with Gasteiger partial charge in [0, 0.05) is 6.20 Å². The molecule has 4 nitrogen and oxygen atoms in total. The molecule has 100 valence electrons. The number of carbonyl (C=O) groups is 1. The summed E-state index contributed by atoms with van der Waals surface area (Å²) in [4.78, 5) is 16.1. The largest absolute Gasteiger partial charge is 0.336 e. The highest BCUT2D eigenvalue weighted by Crippen LogP contribution is 2.26. The number of halogens is 1. The molecule has 1 saturated carbocycles. The summed E-state index contributed by atoms with van der Waals surface area (Å²) in [5, 5.41) is 12.0. The van der Waals surface area contributed by atoms with Gasteiger partial charge in [0.1, 0.15) is 10.6 Å². The van der Waals surface area contributed by atoms with Crippen molar-refractivity contribution in [3.8, 4) is 6.07 Å². The van der Waals surface area contributed by atoms with Crippen molar-refractivity contribution in [1.82, 2.24) is 10.3 Å². The van der Waals surface area contributed by atoms with Gasteiger partial charge in [0.25, 0.3) is 5.91 Å². The number of amides is 1. The third-order valence-corrected chi connectivity index (χ3v) is 4.01. The summed E-state index contributed by atoms with van der Waals surface area (Å²) in [6.45, 7) is 0. The molecule has 5 heteroatoms. The first-order valence-corrected chi connectivity index (χ1v) is 7.32. The SMILES string of the molecule is N#CC(NC(=O)c1ccc(Br)nc1)C1CCCCC1. The number of hydrogen-bond acceptors (Lipinski definition) is 3. The average molecular weight is 322 g/mol. The third-order valence-electron chi connectivity index (χ3n) is 3.54. The van der Waals surface area contributed by atoms with Crippen molar-refractivity contribution in [3.63, 3.8) is 0 Å². The zero-order valence-electron chi connectivity index (χ0n) is 10.6. The molecular weight excluding hydrogens is 306 g/mol. The summed E-state index contributed by atoms with van der Waals surface area (Å²) in [6, 6.07) is 5.25. The van der Waals surface area contributed by atoms with Gasteiger partial charge in [0.15, 0.2) is 0 Å². The summed E-state index contributed by atoms with van der Waals surface area (Å²) in [5.74, 6) is 0.0585. The van der Waals surface area contributed by atoms with E-state index in [0.29, 0.717) is 10.2 Å². The smallest absolute Gasteiger partial charge is 0.253 e. The van der Waals surface area contributed by atoms with Crippen molar-refractivity contribution < 1.29 is 4.79 Å². The fourth-order valence-corrected chi connectivity index (χ4v) is 2.69. The Morgan fingerprint density at radius 2 is 2.16 bits per heavy atom. The highest BCUT2D eigenvalue weighted by atomic mass is 79.9. The fourth-order valence-electron chi connectivity index (χ4n) is 2.46. The molecular formula is C14H16BrN3O. The van der Waals surface area contributed by atoms with Crippen LogP contribution in [0.25, 0.3) is 0 Å². The van der Waals surface area contributed by atoms with Gasteiger partial charge in [0.2, 0.25) is 0 Å². The van der Waals surface area contributed by atoms with Crippen molar-refractivity contribution in [2.24, 2.45) is 5.92 Å². The van der Waals surface area contributed by atoms with E-state index in [1.54, 1.807) is 12.1 Å². The average Bonchev–Trinajstić information content (AvgIpc) is 2.46. The number of nitrogens with one attached hydrogen (secondary N) is 1. The van der Waals surface area contributed by atoms with E-state index in [9.17, 15) is 10.1 Å². The molecule has 1 amide bonds. The molecule has 2 rings (SSSR count). The quantitative estimate of drug-likeness (QED) is 0.870. The second-order valence-electron chi connectivity index (χ2n) is 4.85. The lowest BCUT2D eigenvalue weighted by Gasteiger charge is -2.26. The van der Waals surface area contributed by atoms with Crippen LogP contribution in [0.15, 0.2) is 22.9 Å². The first-order valence-electron chi connectivity index (χ1n) is 6.53. The first-order chi connectivity index (χ1) is 9.20. The van der Waals surface area contributed by atoms with Gasteiger partial charge in [-0.1, -0.05) is 19.3 Å². The maximum Gasteiger partial charge on any atom is 0.253 e. The molecule has 1 N–H and O–H groups in total. The zero-order chi connectivity index (χ0) is 13.7. The molecule has 1 unspecified atom stereocenters. The van der Waals surface area contributed by atoms with Crippen LogP contribution in [0.5, 0.6) is 0 Å². The van der Waals surface area contributed by atoms with Crippen LogP contribution in [0.3, 0.4) is 0 Å². The van der Waals surface area contributed by atoms with E-state index in [0.717, 1.165) is 25.7 Å². The Morgan fingerprint density at radius 3 is 2.74 bits per heavy atom. The van der Waals surface area contributed by atoms with Crippen LogP contribution in [-0.4, -0.2) is 16.9 Å². The number of nitriles is 1. The molecule has 0 aromatic carbocycles. The molecule has 0 radical (unpaired) electrons. The van der Waals surface area contributed by atoms with Crippen LogP contribution in [0.2, 0.25) is 0 Å². The molecule has 0 saturated heterocycles. The van der Waals surface area contributed by atoms with Gasteiger partial charge in [0.05, 0.1) is 11.6 Å². The van der Waals surface area contributed by atoms with E-state index in [-0.39, 0.29) is 11.8 Å². The molecule has 1 heterocycles. The van der Waals surface area contributed by atoms with Crippen LogP contribution < -0.4 is 5.32 Å². The normalized spacial score (nSPS) is 17.5. The fraction of sp³-hybridized carbons (Fsp3) is 0.500. The predicted molar refractivity (Wildman–Crippen MR) is 75.4 cm³/mol. The Labute approximate surface area is 121 Å². The highest BCUT2D eigenvalue weighted by Gasteiger charge is 2.25. The van der Waals surface area contributed by atoms with Gasteiger partial charge in [-0.05, 0) is 46.8 Å². The van der Waals surface area contributed by atoms with Crippen LogP contribution in [-0.2, 0) is 0 Å².